The van der Waals surface area contributed by atoms with Gasteiger partial charge in [-0.2, -0.15) is 0 Å². The summed E-state index contributed by atoms with van der Waals surface area (Å²) in [6.07, 6.45) is 4.43. The van der Waals surface area contributed by atoms with E-state index in [2.05, 4.69) is 46.7 Å². The second-order valence-corrected chi connectivity index (χ2v) is 6.01. The van der Waals surface area contributed by atoms with Crippen LogP contribution in [-0.2, 0) is 0 Å². The fourth-order valence-electron chi connectivity index (χ4n) is 3.06. The molecule has 0 unspecified atom stereocenters. The van der Waals surface area contributed by atoms with Crippen LogP contribution < -0.4 is 10.1 Å². The van der Waals surface area contributed by atoms with Gasteiger partial charge in [-0.05, 0) is 55.8 Å². The van der Waals surface area contributed by atoms with Crippen LogP contribution in [0, 0.1) is 0 Å². The van der Waals surface area contributed by atoms with Crippen LogP contribution in [0.15, 0.2) is 60.8 Å². The van der Waals surface area contributed by atoms with Crippen molar-refractivity contribution in [3.8, 4) is 16.9 Å². The van der Waals surface area contributed by atoms with E-state index in [-0.39, 0.29) is 0 Å². The topological polar surface area (TPSA) is 34.1 Å². The molecule has 2 aromatic carbocycles. The Hall–Kier alpha value is -2.39. The van der Waals surface area contributed by atoms with E-state index < -0.39 is 0 Å². The lowest BCUT2D eigenvalue weighted by molar-refractivity contribution is 0.162. The lowest BCUT2D eigenvalue weighted by atomic mass is 10.1. The Kier molecular flexibility index (Phi) is 3.95. The summed E-state index contributed by atoms with van der Waals surface area (Å²) in [7, 11) is 0. The van der Waals surface area contributed by atoms with Gasteiger partial charge >= 0.3 is 0 Å². The Balaban J connectivity index is 1.54. The number of benzene rings is 2. The highest BCUT2D eigenvalue weighted by molar-refractivity contribution is 5.83. The van der Waals surface area contributed by atoms with E-state index >= 15 is 0 Å². The van der Waals surface area contributed by atoms with Crippen molar-refractivity contribution in [1.82, 2.24) is 10.3 Å². The van der Waals surface area contributed by atoms with Crippen molar-refractivity contribution >= 4 is 10.9 Å². The summed E-state index contributed by atoms with van der Waals surface area (Å²) in [5.74, 6) is 0.953. The van der Waals surface area contributed by atoms with Gasteiger partial charge in [-0.25, -0.2) is 0 Å². The van der Waals surface area contributed by atoms with Crippen molar-refractivity contribution in [2.24, 2.45) is 0 Å². The standard InChI is InChI=1S/C20H20N2O/c1-2-4-20-16(3-1)13-17(14-22-20)15-5-7-18(8-6-15)23-19-9-11-21-12-10-19/h1-8,13-14,19,21H,9-12H2. The SMILES string of the molecule is c1ccc2ncc(-c3ccc(OC4CCNCC4)cc3)cc2c1. The van der Waals surface area contributed by atoms with E-state index in [4.69, 9.17) is 4.74 Å². The maximum Gasteiger partial charge on any atom is 0.119 e. The molecule has 0 spiro atoms. The zero-order valence-electron chi connectivity index (χ0n) is 13.0. The maximum absolute atomic E-state index is 6.06. The van der Waals surface area contributed by atoms with E-state index in [1.807, 2.05) is 24.4 Å². The number of nitrogens with one attached hydrogen (secondary N) is 1. The molecule has 23 heavy (non-hydrogen) atoms. The molecule has 1 N–H and O–H groups in total. The fourth-order valence-corrected chi connectivity index (χ4v) is 3.06. The van der Waals surface area contributed by atoms with Crippen molar-refractivity contribution in [3.05, 3.63) is 60.8 Å². The second kappa shape index (κ2) is 6.39. The Morgan fingerprint density at radius 2 is 1.70 bits per heavy atom. The quantitative estimate of drug-likeness (QED) is 0.793. The molecule has 1 fully saturated rings. The van der Waals surface area contributed by atoms with E-state index in [1.54, 1.807) is 0 Å². The van der Waals surface area contributed by atoms with E-state index in [0.29, 0.717) is 6.10 Å². The van der Waals surface area contributed by atoms with Crippen LogP contribution in [0.1, 0.15) is 12.8 Å². The van der Waals surface area contributed by atoms with Crippen LogP contribution in [-0.4, -0.2) is 24.2 Å². The minimum absolute atomic E-state index is 0.337. The number of nitrogens with zero attached hydrogens (tertiary/aromatic N) is 1. The highest BCUT2D eigenvalue weighted by atomic mass is 16.5. The molecule has 1 aromatic heterocycles. The van der Waals surface area contributed by atoms with Gasteiger partial charge in [0, 0.05) is 17.1 Å². The second-order valence-electron chi connectivity index (χ2n) is 6.01. The predicted octanol–water partition coefficient (Wildman–Crippen LogP) is 4.03. The molecule has 4 rings (SSSR count). The van der Waals surface area contributed by atoms with Gasteiger partial charge in [0.05, 0.1) is 5.52 Å². The number of hydrogen-bond acceptors (Lipinski definition) is 3. The van der Waals surface area contributed by atoms with Gasteiger partial charge in [-0.15, -0.1) is 0 Å². The van der Waals surface area contributed by atoms with Crippen LogP contribution in [0.25, 0.3) is 22.0 Å². The average Bonchev–Trinajstić information content (AvgIpc) is 2.63. The smallest absolute Gasteiger partial charge is 0.119 e. The molecule has 0 saturated carbocycles. The van der Waals surface area contributed by atoms with Crippen LogP contribution in [0.2, 0.25) is 0 Å². The predicted molar refractivity (Wildman–Crippen MR) is 93.7 cm³/mol. The van der Waals surface area contributed by atoms with Crippen LogP contribution in [0.5, 0.6) is 5.75 Å². The van der Waals surface area contributed by atoms with Gasteiger partial charge < -0.3 is 10.1 Å². The summed E-state index contributed by atoms with van der Waals surface area (Å²) in [6.45, 7) is 2.09. The third-order valence-electron chi connectivity index (χ3n) is 4.37. The Morgan fingerprint density at radius 3 is 2.52 bits per heavy atom. The van der Waals surface area contributed by atoms with Gasteiger partial charge in [0.1, 0.15) is 11.9 Å². The number of aromatic nitrogens is 1. The molecule has 0 radical (unpaired) electrons. The van der Waals surface area contributed by atoms with Gasteiger partial charge in [0.15, 0.2) is 0 Å². The minimum atomic E-state index is 0.337. The summed E-state index contributed by atoms with van der Waals surface area (Å²) in [4.78, 5) is 4.54. The molecule has 0 aliphatic carbocycles. The molecule has 116 valence electrons. The molecular formula is C20H20N2O. The molecule has 0 bridgehead atoms. The third-order valence-corrected chi connectivity index (χ3v) is 4.37. The molecule has 3 heteroatoms. The van der Waals surface area contributed by atoms with Gasteiger partial charge in [-0.3, -0.25) is 4.98 Å². The first-order valence-electron chi connectivity index (χ1n) is 8.21. The first-order valence-corrected chi connectivity index (χ1v) is 8.21. The van der Waals surface area contributed by atoms with Crippen LogP contribution >= 0.6 is 0 Å². The van der Waals surface area contributed by atoms with E-state index in [9.17, 15) is 0 Å². The first-order chi connectivity index (χ1) is 11.4. The average molecular weight is 304 g/mol. The molecule has 2 heterocycles. The number of piperidine rings is 1. The van der Waals surface area contributed by atoms with Crippen molar-refractivity contribution in [1.29, 1.82) is 0 Å². The van der Waals surface area contributed by atoms with Gasteiger partial charge in [0.2, 0.25) is 0 Å². The lowest BCUT2D eigenvalue weighted by Crippen LogP contribution is -2.34. The summed E-state index contributed by atoms with van der Waals surface area (Å²) in [5.41, 5.74) is 3.33. The zero-order valence-corrected chi connectivity index (χ0v) is 13.0. The first kappa shape index (κ1) is 14.2. The number of hydrogen-bond donors (Lipinski definition) is 1. The number of rotatable bonds is 3. The maximum atomic E-state index is 6.06. The molecule has 0 atom stereocenters. The molecular weight excluding hydrogens is 284 g/mol. The largest absolute Gasteiger partial charge is 0.490 e. The molecule has 1 saturated heterocycles. The third kappa shape index (κ3) is 3.20. The fraction of sp³-hybridized carbons (Fsp3) is 0.250. The number of pyridine rings is 1. The molecule has 1 aliphatic heterocycles. The van der Waals surface area contributed by atoms with Crippen molar-refractivity contribution in [2.75, 3.05) is 13.1 Å². The van der Waals surface area contributed by atoms with Crippen LogP contribution in [0.4, 0.5) is 0 Å². The van der Waals surface area contributed by atoms with Crippen molar-refractivity contribution in [2.45, 2.75) is 18.9 Å². The Bertz CT molecular complexity index is 792. The molecule has 1 aliphatic rings. The Labute approximate surface area is 136 Å². The van der Waals surface area contributed by atoms with E-state index in [0.717, 1.165) is 42.8 Å². The highest BCUT2D eigenvalue weighted by Gasteiger charge is 2.14. The summed E-state index contributed by atoms with van der Waals surface area (Å²) in [6, 6.07) is 18.7. The zero-order chi connectivity index (χ0) is 15.5. The number of ether oxygens (including phenoxy) is 1. The van der Waals surface area contributed by atoms with Crippen molar-refractivity contribution in [3.63, 3.8) is 0 Å². The summed E-state index contributed by atoms with van der Waals surface area (Å²) in [5, 5.41) is 4.53. The summed E-state index contributed by atoms with van der Waals surface area (Å²) >= 11 is 0. The monoisotopic (exact) mass is 304 g/mol. The number of para-hydroxylation sites is 1. The van der Waals surface area contributed by atoms with Crippen molar-refractivity contribution < 1.29 is 4.74 Å². The normalized spacial score (nSPS) is 15.7. The summed E-state index contributed by atoms with van der Waals surface area (Å²) < 4.78 is 6.06. The molecule has 3 aromatic rings. The lowest BCUT2D eigenvalue weighted by Gasteiger charge is -2.23. The Morgan fingerprint density at radius 1 is 0.913 bits per heavy atom. The van der Waals surface area contributed by atoms with E-state index in [1.165, 1.54) is 10.9 Å². The molecule has 3 nitrogen and oxygen atoms in total. The van der Waals surface area contributed by atoms with Gasteiger partial charge in [0.25, 0.3) is 0 Å². The minimum Gasteiger partial charge on any atom is -0.490 e. The molecule has 0 amide bonds. The van der Waals surface area contributed by atoms with Crippen LogP contribution in [0.3, 0.4) is 0 Å². The number of fused-ring (bicyclic) bond motifs is 1. The highest BCUT2D eigenvalue weighted by Crippen LogP contribution is 2.25. The van der Waals surface area contributed by atoms with Gasteiger partial charge in [-0.1, -0.05) is 30.3 Å².